The first-order chi connectivity index (χ1) is 9.80. The number of halogens is 5. The molecule has 0 fully saturated rings. The minimum absolute atomic E-state index is 0.0326. The van der Waals surface area contributed by atoms with Crippen LogP contribution in [0, 0.1) is 5.82 Å². The minimum atomic E-state index is -4.79. The molecule has 2 rings (SSSR count). The maximum Gasteiger partial charge on any atom is 0.573 e. The molecule has 21 heavy (non-hydrogen) atoms. The van der Waals surface area contributed by atoms with Crippen molar-refractivity contribution in [3.05, 3.63) is 52.8 Å². The average Bonchev–Trinajstić information content (AvgIpc) is 2.40. The molecule has 0 atom stereocenters. The molecule has 0 aliphatic heterocycles. The molecule has 2 aromatic carbocycles. The lowest BCUT2D eigenvalue weighted by Gasteiger charge is -2.14. The lowest BCUT2D eigenvalue weighted by molar-refractivity contribution is -0.274. The molecule has 0 amide bonds. The van der Waals surface area contributed by atoms with E-state index in [1.54, 1.807) is 6.07 Å². The standard InChI is InChI=1S/C14H10ClF4NO/c15-11-3-1-9(6-12(11)16)8-2-4-13(10(5-8)7-20)21-14(17,18)19/h1-6H,7,20H2. The van der Waals surface area contributed by atoms with E-state index in [1.807, 2.05) is 0 Å². The number of ether oxygens (including phenoxy) is 1. The summed E-state index contributed by atoms with van der Waals surface area (Å²) in [6.45, 7) is -0.144. The number of alkyl halides is 3. The van der Waals surface area contributed by atoms with Gasteiger partial charge in [-0.1, -0.05) is 23.7 Å². The first-order valence-electron chi connectivity index (χ1n) is 5.84. The van der Waals surface area contributed by atoms with Crippen molar-refractivity contribution in [2.45, 2.75) is 12.9 Å². The van der Waals surface area contributed by atoms with Crippen molar-refractivity contribution in [1.29, 1.82) is 0 Å². The van der Waals surface area contributed by atoms with Crippen LogP contribution in [0.3, 0.4) is 0 Å². The molecule has 112 valence electrons. The molecule has 2 N–H and O–H groups in total. The predicted octanol–water partition coefficient (Wildman–Crippen LogP) is 4.50. The minimum Gasteiger partial charge on any atom is -0.405 e. The van der Waals surface area contributed by atoms with E-state index in [9.17, 15) is 17.6 Å². The van der Waals surface area contributed by atoms with E-state index in [0.717, 1.165) is 6.07 Å². The van der Waals surface area contributed by atoms with Crippen molar-refractivity contribution in [2.24, 2.45) is 5.73 Å². The second kappa shape index (κ2) is 5.91. The highest BCUT2D eigenvalue weighted by Gasteiger charge is 2.32. The zero-order valence-corrected chi connectivity index (χ0v) is 11.3. The Morgan fingerprint density at radius 2 is 1.67 bits per heavy atom. The van der Waals surface area contributed by atoms with E-state index in [4.69, 9.17) is 17.3 Å². The third-order valence-electron chi connectivity index (χ3n) is 2.76. The molecule has 0 saturated heterocycles. The summed E-state index contributed by atoms with van der Waals surface area (Å²) >= 11 is 5.58. The lowest BCUT2D eigenvalue weighted by Crippen LogP contribution is -2.18. The van der Waals surface area contributed by atoms with Gasteiger partial charge >= 0.3 is 6.36 Å². The van der Waals surface area contributed by atoms with Crippen LogP contribution < -0.4 is 10.5 Å². The number of hydrogen-bond acceptors (Lipinski definition) is 2. The van der Waals surface area contributed by atoms with E-state index in [1.165, 1.54) is 24.3 Å². The fourth-order valence-electron chi connectivity index (χ4n) is 1.82. The Balaban J connectivity index is 2.40. The summed E-state index contributed by atoms with van der Waals surface area (Å²) in [6.07, 6.45) is -4.79. The van der Waals surface area contributed by atoms with E-state index in [0.29, 0.717) is 11.1 Å². The Bertz CT molecular complexity index is 658. The normalized spacial score (nSPS) is 11.5. The first-order valence-corrected chi connectivity index (χ1v) is 6.22. The van der Waals surface area contributed by atoms with Gasteiger partial charge in [0.05, 0.1) is 5.02 Å². The zero-order valence-electron chi connectivity index (χ0n) is 10.5. The topological polar surface area (TPSA) is 35.2 Å². The number of hydrogen-bond donors (Lipinski definition) is 1. The summed E-state index contributed by atoms with van der Waals surface area (Å²) in [5.74, 6) is -0.984. The van der Waals surface area contributed by atoms with Crippen LogP contribution in [0.2, 0.25) is 5.02 Å². The maximum atomic E-state index is 13.4. The fraction of sp³-hybridized carbons (Fsp3) is 0.143. The van der Waals surface area contributed by atoms with Crippen LogP contribution >= 0.6 is 11.6 Å². The Kier molecular flexibility index (Phi) is 4.39. The van der Waals surface area contributed by atoms with Crippen molar-refractivity contribution in [2.75, 3.05) is 0 Å². The molecule has 0 spiro atoms. The lowest BCUT2D eigenvalue weighted by atomic mass is 10.0. The molecular formula is C14H10ClF4NO. The van der Waals surface area contributed by atoms with Crippen LogP contribution in [-0.4, -0.2) is 6.36 Å². The van der Waals surface area contributed by atoms with E-state index in [2.05, 4.69) is 4.74 Å². The highest BCUT2D eigenvalue weighted by atomic mass is 35.5. The van der Waals surface area contributed by atoms with Gasteiger partial charge in [0.2, 0.25) is 0 Å². The maximum absolute atomic E-state index is 13.4. The fourth-order valence-corrected chi connectivity index (χ4v) is 1.94. The third-order valence-corrected chi connectivity index (χ3v) is 3.07. The van der Waals surface area contributed by atoms with Gasteiger partial charge in [0.25, 0.3) is 0 Å². The molecule has 2 nitrogen and oxygen atoms in total. The van der Waals surface area contributed by atoms with E-state index in [-0.39, 0.29) is 22.9 Å². The highest BCUT2D eigenvalue weighted by Crippen LogP contribution is 2.31. The van der Waals surface area contributed by atoms with E-state index >= 15 is 0 Å². The smallest absolute Gasteiger partial charge is 0.405 e. The first kappa shape index (κ1) is 15.6. The molecule has 0 aliphatic rings. The van der Waals surface area contributed by atoms with Gasteiger partial charge in [-0.3, -0.25) is 0 Å². The summed E-state index contributed by atoms with van der Waals surface area (Å²) in [7, 11) is 0. The van der Waals surface area contributed by atoms with Gasteiger partial charge in [0, 0.05) is 12.1 Å². The van der Waals surface area contributed by atoms with Crippen molar-refractivity contribution in [1.82, 2.24) is 0 Å². The predicted molar refractivity (Wildman–Crippen MR) is 71.4 cm³/mol. The van der Waals surface area contributed by atoms with Crippen LogP contribution in [0.25, 0.3) is 11.1 Å². The summed E-state index contributed by atoms with van der Waals surface area (Å²) < 4.78 is 54.1. The van der Waals surface area contributed by atoms with Crippen LogP contribution in [0.15, 0.2) is 36.4 Å². The van der Waals surface area contributed by atoms with Gasteiger partial charge in [-0.2, -0.15) is 0 Å². The van der Waals surface area contributed by atoms with Gasteiger partial charge in [0.1, 0.15) is 11.6 Å². The summed E-state index contributed by atoms with van der Waals surface area (Å²) in [5.41, 5.74) is 6.59. The second-order valence-corrected chi connectivity index (χ2v) is 4.61. The Labute approximate surface area is 123 Å². The van der Waals surface area contributed by atoms with Gasteiger partial charge in [-0.05, 0) is 35.4 Å². The van der Waals surface area contributed by atoms with Gasteiger partial charge < -0.3 is 10.5 Å². The Morgan fingerprint density at radius 3 is 2.24 bits per heavy atom. The van der Waals surface area contributed by atoms with Crippen LogP contribution in [0.5, 0.6) is 5.75 Å². The molecular weight excluding hydrogens is 310 g/mol. The number of nitrogens with two attached hydrogens (primary N) is 1. The summed E-state index contributed by atoms with van der Waals surface area (Å²) in [5, 5.41) is -0.0326. The molecule has 0 aliphatic carbocycles. The molecule has 0 unspecified atom stereocenters. The van der Waals surface area contributed by atoms with Gasteiger partial charge in [-0.15, -0.1) is 13.2 Å². The molecule has 0 saturated carbocycles. The zero-order chi connectivity index (χ0) is 15.6. The molecule has 2 aromatic rings. The van der Waals surface area contributed by atoms with Crippen molar-refractivity contribution in [3.63, 3.8) is 0 Å². The number of benzene rings is 2. The highest BCUT2D eigenvalue weighted by molar-refractivity contribution is 6.30. The molecule has 0 radical (unpaired) electrons. The van der Waals surface area contributed by atoms with Gasteiger partial charge in [-0.25, -0.2) is 4.39 Å². The molecule has 0 bridgehead atoms. The largest absolute Gasteiger partial charge is 0.573 e. The summed E-state index contributed by atoms with van der Waals surface area (Å²) in [4.78, 5) is 0. The second-order valence-electron chi connectivity index (χ2n) is 4.20. The molecule has 0 heterocycles. The third kappa shape index (κ3) is 3.86. The quantitative estimate of drug-likeness (QED) is 0.845. The molecule has 0 aromatic heterocycles. The Hall–Kier alpha value is -1.79. The van der Waals surface area contributed by atoms with Crippen molar-refractivity contribution < 1.29 is 22.3 Å². The average molecular weight is 320 g/mol. The van der Waals surface area contributed by atoms with Crippen LogP contribution in [0.4, 0.5) is 17.6 Å². The molecule has 7 heteroatoms. The Morgan fingerprint density at radius 1 is 1.05 bits per heavy atom. The summed E-state index contributed by atoms with van der Waals surface area (Å²) in [6, 6.07) is 8.09. The SMILES string of the molecule is NCc1cc(-c2ccc(Cl)c(F)c2)ccc1OC(F)(F)F. The van der Waals surface area contributed by atoms with Crippen molar-refractivity contribution >= 4 is 11.6 Å². The number of rotatable bonds is 3. The van der Waals surface area contributed by atoms with Crippen LogP contribution in [-0.2, 0) is 6.54 Å². The van der Waals surface area contributed by atoms with Crippen LogP contribution in [0.1, 0.15) is 5.56 Å². The monoisotopic (exact) mass is 319 g/mol. The van der Waals surface area contributed by atoms with E-state index < -0.39 is 12.2 Å². The van der Waals surface area contributed by atoms with Gasteiger partial charge in [0.15, 0.2) is 0 Å². The van der Waals surface area contributed by atoms with Crippen molar-refractivity contribution in [3.8, 4) is 16.9 Å².